The van der Waals surface area contributed by atoms with E-state index in [0.29, 0.717) is 38.6 Å². The van der Waals surface area contributed by atoms with E-state index in [9.17, 15) is 9.90 Å². The van der Waals surface area contributed by atoms with E-state index in [2.05, 4.69) is 27.8 Å². The van der Waals surface area contributed by atoms with Crippen molar-refractivity contribution in [2.75, 3.05) is 26.4 Å². The number of benzene rings is 1. The van der Waals surface area contributed by atoms with E-state index in [4.69, 9.17) is 18.9 Å². The Morgan fingerprint density at radius 1 is 1.24 bits per heavy atom. The molecule has 0 spiro atoms. The molecule has 0 fully saturated rings. The van der Waals surface area contributed by atoms with Crippen molar-refractivity contribution in [1.29, 1.82) is 0 Å². The molecule has 1 aliphatic carbocycles. The van der Waals surface area contributed by atoms with Gasteiger partial charge in [-0.15, -0.1) is 0 Å². The molecule has 0 saturated heterocycles. The summed E-state index contributed by atoms with van der Waals surface area (Å²) in [5.41, 5.74) is 1.02. The van der Waals surface area contributed by atoms with Crippen LogP contribution >= 0.6 is 15.9 Å². The van der Waals surface area contributed by atoms with Crippen molar-refractivity contribution in [2.24, 2.45) is 0 Å². The summed E-state index contributed by atoms with van der Waals surface area (Å²) in [5, 5.41) is 9.27. The third-order valence-corrected chi connectivity index (χ3v) is 5.60. The molecule has 0 saturated carbocycles. The molecule has 2 atom stereocenters. The van der Waals surface area contributed by atoms with Crippen LogP contribution in [0.2, 0.25) is 0 Å². The zero-order valence-corrected chi connectivity index (χ0v) is 21.8. The van der Waals surface area contributed by atoms with E-state index in [1.54, 1.807) is 6.92 Å². The fourth-order valence-electron chi connectivity index (χ4n) is 3.38. The number of rotatable bonds is 12. The van der Waals surface area contributed by atoms with Crippen LogP contribution in [0, 0.1) is 11.8 Å². The van der Waals surface area contributed by atoms with Crippen LogP contribution in [0.15, 0.2) is 58.3 Å². The largest absolute Gasteiger partial charge is 0.498 e. The zero-order chi connectivity index (χ0) is 25.0. The Morgan fingerprint density at radius 2 is 2.03 bits per heavy atom. The fraction of sp³-hybridized carbons (Fsp3) is 0.444. The van der Waals surface area contributed by atoms with Crippen molar-refractivity contribution in [2.45, 2.75) is 52.2 Å². The van der Waals surface area contributed by atoms with E-state index in [1.807, 2.05) is 63.3 Å². The van der Waals surface area contributed by atoms with Gasteiger partial charge in [-0.1, -0.05) is 24.0 Å². The first-order valence-electron chi connectivity index (χ1n) is 11.4. The van der Waals surface area contributed by atoms with Gasteiger partial charge in [0, 0.05) is 26.1 Å². The topological polar surface area (TPSA) is 74.2 Å². The van der Waals surface area contributed by atoms with Gasteiger partial charge in [-0.05, 0) is 85.1 Å². The molecule has 34 heavy (non-hydrogen) atoms. The maximum absolute atomic E-state index is 11.3. The van der Waals surface area contributed by atoms with E-state index in [0.717, 1.165) is 21.4 Å². The Kier molecular flexibility index (Phi) is 11.4. The van der Waals surface area contributed by atoms with Crippen LogP contribution in [-0.2, 0) is 25.4 Å². The summed E-state index contributed by atoms with van der Waals surface area (Å²) in [4.78, 5) is 11.3. The maximum Gasteiger partial charge on any atom is 0.333 e. The molecule has 2 rings (SSSR count). The lowest BCUT2D eigenvalue weighted by molar-refractivity contribution is -0.149. The number of carboxylic acid groups (broad SMARTS) is 1. The SMILES string of the molecule is CCOC1=CC=CC(C#C/C(C)=C/COc2ccc(C[C@H](OCC)C(=O)O)cc2Br)(OCC)C1. The Balaban J connectivity index is 2.00. The third kappa shape index (κ3) is 8.68. The molecular formula is C27H33BrO6. The second-order valence-electron chi connectivity index (χ2n) is 7.62. The van der Waals surface area contributed by atoms with E-state index < -0.39 is 17.7 Å². The summed E-state index contributed by atoms with van der Waals surface area (Å²) in [6.07, 6.45) is 7.74. The van der Waals surface area contributed by atoms with Gasteiger partial charge in [-0.2, -0.15) is 0 Å². The van der Waals surface area contributed by atoms with Crippen LogP contribution in [0.3, 0.4) is 0 Å². The van der Waals surface area contributed by atoms with Gasteiger partial charge in [0.25, 0.3) is 0 Å². The van der Waals surface area contributed by atoms with Crippen LogP contribution in [0.25, 0.3) is 0 Å². The van der Waals surface area contributed by atoms with E-state index in [1.165, 1.54) is 0 Å². The van der Waals surface area contributed by atoms with Gasteiger partial charge in [-0.25, -0.2) is 4.79 Å². The summed E-state index contributed by atoms with van der Waals surface area (Å²) in [6.45, 7) is 9.46. The molecule has 184 valence electrons. The van der Waals surface area contributed by atoms with Crippen LogP contribution in [0.4, 0.5) is 0 Å². The van der Waals surface area contributed by atoms with Crippen LogP contribution in [0.1, 0.15) is 39.7 Å². The van der Waals surface area contributed by atoms with Gasteiger partial charge in [-0.3, -0.25) is 0 Å². The first kappa shape index (κ1) is 27.7. The van der Waals surface area contributed by atoms with Crippen molar-refractivity contribution in [1.82, 2.24) is 0 Å². The van der Waals surface area contributed by atoms with Crippen molar-refractivity contribution in [3.8, 4) is 17.6 Å². The predicted octanol–water partition coefficient (Wildman–Crippen LogP) is 5.47. The maximum atomic E-state index is 11.3. The highest BCUT2D eigenvalue weighted by Crippen LogP contribution is 2.28. The zero-order valence-electron chi connectivity index (χ0n) is 20.2. The average molecular weight is 533 g/mol. The molecule has 0 aliphatic heterocycles. The third-order valence-electron chi connectivity index (χ3n) is 4.98. The minimum Gasteiger partial charge on any atom is -0.498 e. The molecule has 1 aliphatic rings. The minimum absolute atomic E-state index is 0.285. The van der Waals surface area contributed by atoms with Crippen molar-refractivity contribution >= 4 is 21.9 Å². The number of allylic oxidation sites excluding steroid dienone is 3. The van der Waals surface area contributed by atoms with Crippen LogP contribution in [0.5, 0.6) is 5.75 Å². The van der Waals surface area contributed by atoms with Crippen molar-refractivity contribution < 1.29 is 28.8 Å². The first-order valence-corrected chi connectivity index (χ1v) is 12.2. The molecule has 0 heterocycles. The number of halogens is 1. The van der Waals surface area contributed by atoms with Gasteiger partial charge in [0.05, 0.1) is 11.1 Å². The minimum atomic E-state index is -0.972. The molecule has 0 amide bonds. The lowest BCUT2D eigenvalue weighted by Crippen LogP contribution is -2.31. The van der Waals surface area contributed by atoms with Gasteiger partial charge < -0.3 is 24.1 Å². The molecule has 1 aromatic carbocycles. The Hall–Kier alpha value is -2.53. The van der Waals surface area contributed by atoms with Crippen molar-refractivity contribution in [3.05, 3.63) is 63.9 Å². The van der Waals surface area contributed by atoms with Gasteiger partial charge in [0.15, 0.2) is 11.7 Å². The van der Waals surface area contributed by atoms with Crippen LogP contribution < -0.4 is 4.74 Å². The molecule has 6 nitrogen and oxygen atoms in total. The highest BCUT2D eigenvalue weighted by molar-refractivity contribution is 9.10. The summed E-state index contributed by atoms with van der Waals surface area (Å²) in [6, 6.07) is 5.51. The fourth-order valence-corrected chi connectivity index (χ4v) is 3.92. The first-order chi connectivity index (χ1) is 16.3. The molecular weight excluding hydrogens is 500 g/mol. The number of carboxylic acids is 1. The number of ether oxygens (including phenoxy) is 4. The molecule has 1 unspecified atom stereocenters. The average Bonchev–Trinajstić information content (AvgIpc) is 2.79. The summed E-state index contributed by atoms with van der Waals surface area (Å²) in [5.74, 6) is 7.00. The lowest BCUT2D eigenvalue weighted by Gasteiger charge is -2.28. The second kappa shape index (κ2) is 14.0. The molecule has 0 aromatic heterocycles. The lowest BCUT2D eigenvalue weighted by atomic mass is 9.93. The summed E-state index contributed by atoms with van der Waals surface area (Å²) < 4.78 is 23.5. The molecule has 0 bridgehead atoms. The smallest absolute Gasteiger partial charge is 0.333 e. The highest BCUT2D eigenvalue weighted by atomic mass is 79.9. The number of hydrogen-bond acceptors (Lipinski definition) is 5. The van der Waals surface area contributed by atoms with E-state index in [-0.39, 0.29) is 6.42 Å². The van der Waals surface area contributed by atoms with Crippen LogP contribution in [-0.4, -0.2) is 49.2 Å². The number of carbonyl (C=O) groups is 1. The quantitative estimate of drug-likeness (QED) is 0.360. The Labute approximate surface area is 210 Å². The highest BCUT2D eigenvalue weighted by Gasteiger charge is 2.29. The summed E-state index contributed by atoms with van der Waals surface area (Å²) >= 11 is 3.50. The molecule has 0 radical (unpaired) electrons. The van der Waals surface area contributed by atoms with Gasteiger partial charge in [0.2, 0.25) is 0 Å². The molecule has 1 aromatic rings. The van der Waals surface area contributed by atoms with Gasteiger partial charge >= 0.3 is 5.97 Å². The Bertz CT molecular complexity index is 985. The van der Waals surface area contributed by atoms with Gasteiger partial charge in [0.1, 0.15) is 18.1 Å². The van der Waals surface area contributed by atoms with E-state index >= 15 is 0 Å². The standard InChI is InChI=1S/C27H33BrO6/c1-5-31-22-9-8-14-27(19-22,34-7-3)15-12-20(4)13-16-33-24-11-10-21(17-23(24)28)18-25(26(29)30)32-6-2/h8-11,13-14,17,25H,5-7,16,18-19H2,1-4H3,(H,29,30)/b20-13+/t25-,27?/m0/s1. The molecule has 7 heteroatoms. The normalized spacial score (nSPS) is 18.5. The number of hydrogen-bond donors (Lipinski definition) is 1. The Morgan fingerprint density at radius 3 is 2.68 bits per heavy atom. The molecule has 1 N–H and O–H groups in total. The predicted molar refractivity (Wildman–Crippen MR) is 136 cm³/mol. The van der Waals surface area contributed by atoms with Crippen molar-refractivity contribution in [3.63, 3.8) is 0 Å². The summed E-state index contributed by atoms with van der Waals surface area (Å²) in [7, 11) is 0. The second-order valence-corrected chi connectivity index (χ2v) is 8.48. The number of aliphatic carboxylic acids is 1. The monoisotopic (exact) mass is 532 g/mol.